The SMILES string of the molecule is COc1ccc(-c2nc3c(C(=O)N4CCN(C(c5ccccc5)C(C)(C)O)C[C@H]4C)cnn3c(C(F)(F)F)c2C)cc1. The lowest BCUT2D eigenvalue weighted by Crippen LogP contribution is -2.57. The van der Waals surface area contributed by atoms with Crippen LogP contribution in [-0.4, -0.2) is 73.8 Å². The highest BCUT2D eigenvalue weighted by Crippen LogP contribution is 2.38. The molecule has 0 spiro atoms. The molecule has 8 nitrogen and oxygen atoms in total. The van der Waals surface area contributed by atoms with Crippen molar-refractivity contribution >= 4 is 11.6 Å². The minimum atomic E-state index is -4.73. The first kappa shape index (κ1) is 29.5. The third kappa shape index (κ3) is 5.46. The Labute approximate surface area is 242 Å². The van der Waals surface area contributed by atoms with Crippen LogP contribution >= 0.6 is 0 Å². The van der Waals surface area contributed by atoms with Crippen molar-refractivity contribution in [3.63, 3.8) is 0 Å². The normalized spacial score (nSPS) is 17.5. The minimum Gasteiger partial charge on any atom is -0.497 e. The van der Waals surface area contributed by atoms with Crippen molar-refractivity contribution in [3.05, 3.63) is 83.2 Å². The number of aromatic nitrogens is 3. The summed E-state index contributed by atoms with van der Waals surface area (Å²) in [7, 11) is 1.50. The Hall–Kier alpha value is -3.96. The van der Waals surface area contributed by atoms with E-state index in [1.54, 1.807) is 43.0 Å². The molecule has 0 saturated carbocycles. The molecule has 1 aliphatic heterocycles. The molecule has 0 bridgehead atoms. The molecule has 222 valence electrons. The van der Waals surface area contributed by atoms with Gasteiger partial charge in [0.15, 0.2) is 11.3 Å². The van der Waals surface area contributed by atoms with Gasteiger partial charge in [0, 0.05) is 36.8 Å². The van der Waals surface area contributed by atoms with E-state index in [0.717, 1.165) is 10.1 Å². The van der Waals surface area contributed by atoms with Gasteiger partial charge < -0.3 is 14.7 Å². The molecular weight excluding hydrogens is 547 g/mol. The highest BCUT2D eigenvalue weighted by Gasteiger charge is 2.41. The van der Waals surface area contributed by atoms with E-state index in [1.807, 2.05) is 37.3 Å². The Morgan fingerprint density at radius 1 is 1.07 bits per heavy atom. The first-order chi connectivity index (χ1) is 19.8. The summed E-state index contributed by atoms with van der Waals surface area (Å²) >= 11 is 0. The molecule has 1 aliphatic rings. The number of hydrogen-bond donors (Lipinski definition) is 1. The van der Waals surface area contributed by atoms with Gasteiger partial charge in [0.1, 0.15) is 11.3 Å². The number of methoxy groups -OCH3 is 1. The number of halogens is 3. The summed E-state index contributed by atoms with van der Waals surface area (Å²) in [5.74, 6) is 0.114. The summed E-state index contributed by atoms with van der Waals surface area (Å²) < 4.78 is 48.9. The molecule has 1 N–H and O–H groups in total. The van der Waals surface area contributed by atoms with Crippen LogP contribution in [0.25, 0.3) is 16.9 Å². The molecule has 0 aliphatic carbocycles. The number of rotatable bonds is 6. The summed E-state index contributed by atoms with van der Waals surface area (Å²) in [6, 6.07) is 15.7. The maximum absolute atomic E-state index is 14.3. The van der Waals surface area contributed by atoms with Crippen LogP contribution in [0.3, 0.4) is 0 Å². The van der Waals surface area contributed by atoms with Gasteiger partial charge >= 0.3 is 6.18 Å². The first-order valence-electron chi connectivity index (χ1n) is 13.7. The average molecular weight is 582 g/mol. The number of carbonyl (C=O) groups is 1. The highest BCUT2D eigenvalue weighted by atomic mass is 19.4. The van der Waals surface area contributed by atoms with Gasteiger partial charge in [0.25, 0.3) is 5.91 Å². The van der Waals surface area contributed by atoms with E-state index < -0.39 is 23.4 Å². The zero-order valence-corrected chi connectivity index (χ0v) is 24.2. The molecule has 2 atom stereocenters. The molecule has 11 heteroatoms. The van der Waals surface area contributed by atoms with Gasteiger partial charge in [-0.25, -0.2) is 9.50 Å². The fraction of sp³-hybridized carbons (Fsp3) is 0.387. The lowest BCUT2D eigenvalue weighted by Gasteiger charge is -2.46. The van der Waals surface area contributed by atoms with E-state index in [-0.39, 0.29) is 34.6 Å². The Bertz CT molecular complexity index is 1580. The second kappa shape index (κ2) is 11.0. The number of amides is 1. The molecular formula is C31H34F3N5O3. The molecule has 1 amide bonds. The molecule has 4 aromatic rings. The highest BCUT2D eigenvalue weighted by molar-refractivity contribution is 6.00. The van der Waals surface area contributed by atoms with Crippen molar-refractivity contribution in [2.24, 2.45) is 0 Å². The number of nitrogens with zero attached hydrogens (tertiary/aromatic N) is 5. The molecule has 0 radical (unpaired) electrons. The van der Waals surface area contributed by atoms with Crippen molar-refractivity contribution < 1.29 is 27.8 Å². The van der Waals surface area contributed by atoms with Crippen LogP contribution in [0.2, 0.25) is 0 Å². The fourth-order valence-electron chi connectivity index (χ4n) is 5.97. The van der Waals surface area contributed by atoms with Crippen molar-refractivity contribution in [1.29, 1.82) is 0 Å². The second-order valence-electron chi connectivity index (χ2n) is 11.3. The van der Waals surface area contributed by atoms with Crippen LogP contribution in [0.1, 0.15) is 54.0 Å². The quantitative estimate of drug-likeness (QED) is 0.329. The number of carbonyl (C=O) groups excluding carboxylic acids is 1. The predicted octanol–water partition coefficient (Wildman–Crippen LogP) is 5.39. The van der Waals surface area contributed by atoms with Crippen molar-refractivity contribution in [2.45, 2.75) is 51.6 Å². The summed E-state index contributed by atoms with van der Waals surface area (Å²) in [5, 5.41) is 15.0. The van der Waals surface area contributed by atoms with Gasteiger partial charge in [-0.15, -0.1) is 0 Å². The number of hydrogen-bond acceptors (Lipinski definition) is 6. The topological polar surface area (TPSA) is 83.2 Å². The lowest BCUT2D eigenvalue weighted by molar-refractivity contribution is -0.143. The number of alkyl halides is 3. The zero-order valence-electron chi connectivity index (χ0n) is 24.2. The monoisotopic (exact) mass is 581 g/mol. The second-order valence-corrected chi connectivity index (χ2v) is 11.3. The fourth-order valence-corrected chi connectivity index (χ4v) is 5.97. The molecule has 2 aromatic carbocycles. The van der Waals surface area contributed by atoms with Crippen molar-refractivity contribution in [3.8, 4) is 17.0 Å². The first-order valence-corrected chi connectivity index (χ1v) is 13.7. The van der Waals surface area contributed by atoms with Crippen LogP contribution in [0.5, 0.6) is 5.75 Å². The number of fused-ring (bicyclic) bond motifs is 1. The van der Waals surface area contributed by atoms with Gasteiger partial charge in [-0.3, -0.25) is 9.69 Å². The van der Waals surface area contributed by atoms with Crippen LogP contribution in [0.15, 0.2) is 60.8 Å². The van der Waals surface area contributed by atoms with E-state index in [4.69, 9.17) is 4.74 Å². The smallest absolute Gasteiger partial charge is 0.433 e. The molecule has 1 saturated heterocycles. The molecule has 42 heavy (non-hydrogen) atoms. The Balaban J connectivity index is 1.50. The van der Waals surface area contributed by atoms with Crippen LogP contribution in [-0.2, 0) is 6.18 Å². The van der Waals surface area contributed by atoms with E-state index in [2.05, 4.69) is 15.0 Å². The molecule has 1 fully saturated rings. The van der Waals surface area contributed by atoms with E-state index >= 15 is 0 Å². The number of benzene rings is 2. The summed E-state index contributed by atoms with van der Waals surface area (Å²) in [4.78, 5) is 22.2. The number of piperazine rings is 1. The zero-order chi connectivity index (χ0) is 30.4. The molecule has 5 rings (SSSR count). The largest absolute Gasteiger partial charge is 0.497 e. The maximum Gasteiger partial charge on any atom is 0.433 e. The predicted molar refractivity (Wildman–Crippen MR) is 152 cm³/mol. The van der Waals surface area contributed by atoms with E-state index in [9.17, 15) is 23.1 Å². The Morgan fingerprint density at radius 3 is 2.31 bits per heavy atom. The van der Waals surface area contributed by atoms with E-state index in [0.29, 0.717) is 30.9 Å². The number of aliphatic hydroxyl groups is 1. The van der Waals surface area contributed by atoms with Crippen molar-refractivity contribution in [1.82, 2.24) is 24.4 Å². The minimum absolute atomic E-state index is 0.00217. The maximum atomic E-state index is 14.3. The molecule has 3 heterocycles. The van der Waals surface area contributed by atoms with Gasteiger partial charge in [-0.1, -0.05) is 30.3 Å². The summed E-state index contributed by atoms with van der Waals surface area (Å²) in [6.07, 6.45) is -3.57. The van der Waals surface area contributed by atoms with Gasteiger partial charge in [0.05, 0.1) is 30.6 Å². The van der Waals surface area contributed by atoms with Crippen LogP contribution in [0, 0.1) is 6.92 Å². The van der Waals surface area contributed by atoms with Gasteiger partial charge in [-0.2, -0.15) is 18.3 Å². The van der Waals surface area contributed by atoms with Gasteiger partial charge in [0.2, 0.25) is 0 Å². The van der Waals surface area contributed by atoms with E-state index in [1.165, 1.54) is 20.2 Å². The Kier molecular flexibility index (Phi) is 7.76. The standard InChI is InChI=1S/C31H34F3N5O3/c1-19-18-37(27(30(3,4)41)22-9-7-6-8-10-22)15-16-38(19)29(40)24-17-35-39-26(31(32,33)34)20(2)25(36-28(24)39)21-11-13-23(42-5)14-12-21/h6-14,17,19,27,41H,15-16,18H2,1-5H3/t19-,27?/m1/s1. The summed E-state index contributed by atoms with van der Waals surface area (Å²) in [6.45, 7) is 8.02. The number of ether oxygens (including phenoxy) is 1. The Morgan fingerprint density at radius 2 is 1.74 bits per heavy atom. The average Bonchev–Trinajstić information content (AvgIpc) is 3.35. The third-order valence-electron chi connectivity index (χ3n) is 7.82. The van der Waals surface area contributed by atoms with Crippen molar-refractivity contribution in [2.75, 3.05) is 26.7 Å². The molecule has 2 aromatic heterocycles. The molecule has 1 unspecified atom stereocenters. The van der Waals surface area contributed by atoms with Gasteiger partial charge in [-0.05, 0) is 57.5 Å². The lowest BCUT2D eigenvalue weighted by atomic mass is 9.89. The van der Waals surface area contributed by atoms with Crippen LogP contribution < -0.4 is 4.74 Å². The summed E-state index contributed by atoms with van der Waals surface area (Å²) in [5.41, 5.74) is -0.751. The van der Waals surface area contributed by atoms with Crippen LogP contribution in [0.4, 0.5) is 13.2 Å². The third-order valence-corrected chi connectivity index (χ3v) is 7.82.